The number of alkyl halides is 3. The molecule has 33 heavy (non-hydrogen) atoms. The molecule has 0 aromatic carbocycles. The molecule has 3 amide bonds. The summed E-state index contributed by atoms with van der Waals surface area (Å²) in [6.45, 7) is 0.144. The minimum atomic E-state index is -4.53. The third-order valence-electron chi connectivity index (χ3n) is 6.21. The number of hydrogen-bond donors (Lipinski definition) is 2. The Morgan fingerprint density at radius 2 is 1.94 bits per heavy atom. The molecule has 0 spiro atoms. The highest BCUT2D eigenvalue weighted by molar-refractivity contribution is 6.00. The van der Waals surface area contributed by atoms with Gasteiger partial charge in [-0.05, 0) is 42.0 Å². The van der Waals surface area contributed by atoms with E-state index < -0.39 is 29.9 Å². The molecule has 0 bridgehead atoms. The molecule has 2 N–H and O–H groups in total. The number of amides is 3. The summed E-state index contributed by atoms with van der Waals surface area (Å²) in [6, 6.07) is 4.71. The summed E-state index contributed by atoms with van der Waals surface area (Å²) in [5.74, 6) is -1.84. The monoisotopic (exact) mass is 455 g/mol. The lowest BCUT2D eigenvalue weighted by Crippen LogP contribution is -2.51. The number of halogens is 3. The minimum Gasteiger partial charge on any atom is -0.337 e. The number of carbonyl (C=O) groups is 2. The summed E-state index contributed by atoms with van der Waals surface area (Å²) in [6.07, 6.45) is 2.18. The van der Waals surface area contributed by atoms with Gasteiger partial charge in [0.1, 0.15) is 0 Å². The van der Waals surface area contributed by atoms with Crippen LogP contribution in [0.2, 0.25) is 0 Å². The van der Waals surface area contributed by atoms with Gasteiger partial charge in [0.25, 0.3) is 0 Å². The molecule has 1 unspecified atom stereocenters. The Morgan fingerprint density at radius 3 is 2.73 bits per heavy atom. The predicted octanol–water partition coefficient (Wildman–Crippen LogP) is 2.59. The van der Waals surface area contributed by atoms with Crippen LogP contribution < -0.4 is 10.6 Å². The molecule has 5 heterocycles. The van der Waals surface area contributed by atoms with Crippen LogP contribution in [0.3, 0.4) is 0 Å². The van der Waals surface area contributed by atoms with Crippen LogP contribution in [0.5, 0.6) is 0 Å². The van der Waals surface area contributed by atoms with Crippen molar-refractivity contribution in [1.29, 1.82) is 0 Å². The van der Waals surface area contributed by atoms with E-state index in [4.69, 9.17) is 0 Å². The molecule has 2 aliphatic rings. The first-order valence-corrected chi connectivity index (χ1v) is 10.3. The SMILES string of the molecule is O=C1NCC(c2cc([C@H]3C[C@@H]3c3ccn4c(C(F)(F)F)ncc4c3)c3nccn3n2)C(=O)N1. The number of nitrogens with zero attached hydrogens (tertiary/aromatic N) is 5. The molecule has 2 fully saturated rings. The molecular formula is C21H16F3N7O2. The lowest BCUT2D eigenvalue weighted by molar-refractivity contribution is -0.145. The van der Waals surface area contributed by atoms with E-state index in [1.165, 1.54) is 12.4 Å². The maximum atomic E-state index is 13.1. The van der Waals surface area contributed by atoms with Crippen molar-refractivity contribution < 1.29 is 22.8 Å². The van der Waals surface area contributed by atoms with Gasteiger partial charge in [0.15, 0.2) is 5.65 Å². The van der Waals surface area contributed by atoms with Gasteiger partial charge in [-0.2, -0.15) is 18.3 Å². The zero-order chi connectivity index (χ0) is 22.9. The van der Waals surface area contributed by atoms with E-state index in [1.807, 2.05) is 6.07 Å². The molecule has 1 saturated heterocycles. The maximum Gasteiger partial charge on any atom is 0.450 e. The van der Waals surface area contributed by atoms with Gasteiger partial charge in [-0.3, -0.25) is 14.5 Å². The fourth-order valence-electron chi connectivity index (χ4n) is 4.54. The summed E-state index contributed by atoms with van der Waals surface area (Å²) in [7, 11) is 0. The van der Waals surface area contributed by atoms with Gasteiger partial charge in [-0.1, -0.05) is 0 Å². The van der Waals surface area contributed by atoms with Gasteiger partial charge < -0.3 is 5.32 Å². The second-order valence-corrected chi connectivity index (χ2v) is 8.26. The van der Waals surface area contributed by atoms with Crippen LogP contribution in [0.1, 0.15) is 46.8 Å². The molecule has 1 saturated carbocycles. The second-order valence-electron chi connectivity index (χ2n) is 8.26. The van der Waals surface area contributed by atoms with E-state index >= 15 is 0 Å². The summed E-state index contributed by atoms with van der Waals surface area (Å²) in [5, 5.41) is 9.36. The van der Waals surface area contributed by atoms with Crippen molar-refractivity contribution in [3.05, 3.63) is 65.6 Å². The van der Waals surface area contributed by atoms with Gasteiger partial charge in [-0.15, -0.1) is 0 Å². The number of urea groups is 1. The number of imide groups is 1. The molecular weight excluding hydrogens is 439 g/mol. The minimum absolute atomic E-state index is 0.0744. The Labute approximate surface area is 183 Å². The smallest absolute Gasteiger partial charge is 0.337 e. The predicted molar refractivity (Wildman–Crippen MR) is 108 cm³/mol. The number of pyridine rings is 1. The van der Waals surface area contributed by atoms with E-state index in [1.54, 1.807) is 29.0 Å². The number of hydrogen-bond acceptors (Lipinski definition) is 5. The van der Waals surface area contributed by atoms with Crippen molar-refractivity contribution in [3.8, 4) is 0 Å². The lowest BCUT2D eigenvalue weighted by atomic mass is 9.99. The fourth-order valence-corrected chi connectivity index (χ4v) is 4.54. The highest BCUT2D eigenvalue weighted by Crippen LogP contribution is 2.55. The number of nitrogens with one attached hydrogen (secondary N) is 2. The first-order chi connectivity index (χ1) is 15.8. The highest BCUT2D eigenvalue weighted by atomic mass is 19.4. The normalized spacial score (nSPS) is 23.1. The van der Waals surface area contributed by atoms with Gasteiger partial charge in [0.05, 0.1) is 23.3 Å². The van der Waals surface area contributed by atoms with Crippen LogP contribution in [0.15, 0.2) is 43.0 Å². The van der Waals surface area contributed by atoms with Crippen LogP contribution in [0, 0.1) is 0 Å². The van der Waals surface area contributed by atoms with Gasteiger partial charge in [-0.25, -0.2) is 19.3 Å². The highest BCUT2D eigenvalue weighted by Gasteiger charge is 2.43. The molecule has 12 heteroatoms. The average molecular weight is 455 g/mol. The molecule has 1 aliphatic carbocycles. The van der Waals surface area contributed by atoms with Crippen LogP contribution in [0.4, 0.5) is 18.0 Å². The van der Waals surface area contributed by atoms with E-state index in [2.05, 4.69) is 25.7 Å². The first-order valence-electron chi connectivity index (χ1n) is 10.3. The second kappa shape index (κ2) is 6.77. The van der Waals surface area contributed by atoms with Gasteiger partial charge in [0, 0.05) is 30.7 Å². The molecule has 3 atom stereocenters. The maximum absolute atomic E-state index is 13.1. The first kappa shape index (κ1) is 19.7. The Morgan fingerprint density at radius 1 is 1.09 bits per heavy atom. The van der Waals surface area contributed by atoms with Crippen molar-refractivity contribution >= 4 is 23.1 Å². The molecule has 9 nitrogen and oxygen atoms in total. The Kier molecular flexibility index (Phi) is 4.04. The molecule has 1 aliphatic heterocycles. The van der Waals surface area contributed by atoms with Crippen molar-refractivity contribution in [3.63, 3.8) is 0 Å². The van der Waals surface area contributed by atoms with Crippen LogP contribution >= 0.6 is 0 Å². The average Bonchev–Trinajstić information content (AvgIpc) is 3.20. The van der Waals surface area contributed by atoms with Crippen LogP contribution in [-0.2, 0) is 11.0 Å². The molecule has 168 valence electrons. The quantitative estimate of drug-likeness (QED) is 0.494. The molecule has 4 aromatic heterocycles. The number of fused-ring (bicyclic) bond motifs is 2. The largest absolute Gasteiger partial charge is 0.450 e. The number of carbonyl (C=O) groups excluding carboxylic acids is 2. The lowest BCUT2D eigenvalue weighted by Gasteiger charge is -2.22. The third kappa shape index (κ3) is 3.20. The molecule has 6 rings (SSSR count). The summed E-state index contributed by atoms with van der Waals surface area (Å²) in [5.41, 5.74) is 3.37. The van der Waals surface area contributed by atoms with Gasteiger partial charge >= 0.3 is 12.2 Å². The summed E-state index contributed by atoms with van der Waals surface area (Å²) >= 11 is 0. The molecule has 4 aromatic rings. The van der Waals surface area contributed by atoms with Crippen molar-refractivity contribution in [1.82, 2.24) is 34.6 Å². The zero-order valence-corrected chi connectivity index (χ0v) is 16.9. The van der Waals surface area contributed by atoms with E-state index in [-0.39, 0.29) is 18.4 Å². The standard InChI is InChI=1S/C21H16F3N7O2/c22-21(23,24)19-26-8-11-5-10(1-3-30(11)19)12-6-13(12)14-7-16(29-31-4-2-25-17(14)31)15-9-27-20(33)28-18(15)32/h1-5,7-8,12-13,15H,6,9H2,(H2,27,28,32,33)/t12-,13+,15?/m1/s1. The number of rotatable bonds is 3. The van der Waals surface area contributed by atoms with E-state index in [0.29, 0.717) is 16.9 Å². The summed E-state index contributed by atoms with van der Waals surface area (Å²) < 4.78 is 42.0. The Balaban J connectivity index is 1.34. The van der Waals surface area contributed by atoms with E-state index in [0.717, 1.165) is 21.9 Å². The Hall–Kier alpha value is -3.96. The van der Waals surface area contributed by atoms with Crippen molar-refractivity contribution in [2.75, 3.05) is 6.54 Å². The Bertz CT molecular complexity index is 1440. The van der Waals surface area contributed by atoms with E-state index in [9.17, 15) is 22.8 Å². The van der Waals surface area contributed by atoms with Crippen LogP contribution in [0.25, 0.3) is 11.2 Å². The third-order valence-corrected chi connectivity index (χ3v) is 6.21. The number of imidazole rings is 2. The van der Waals surface area contributed by atoms with Crippen molar-refractivity contribution in [2.24, 2.45) is 0 Å². The fraction of sp³-hybridized carbons (Fsp3) is 0.286. The van der Waals surface area contributed by atoms with Gasteiger partial charge in [0.2, 0.25) is 11.7 Å². The topological polar surface area (TPSA) is 106 Å². The zero-order valence-electron chi connectivity index (χ0n) is 16.9. The summed E-state index contributed by atoms with van der Waals surface area (Å²) in [4.78, 5) is 31.7. The van der Waals surface area contributed by atoms with Crippen molar-refractivity contribution in [2.45, 2.75) is 30.4 Å². The number of aromatic nitrogens is 5. The van der Waals surface area contributed by atoms with Crippen LogP contribution in [-0.4, -0.2) is 42.5 Å². The molecule has 0 radical (unpaired) electrons.